The van der Waals surface area contributed by atoms with Crippen LogP contribution >= 0.6 is 0 Å². The van der Waals surface area contributed by atoms with Gasteiger partial charge in [0.25, 0.3) is 5.91 Å². The Morgan fingerprint density at radius 3 is 2.78 bits per heavy atom. The van der Waals surface area contributed by atoms with Gasteiger partial charge in [0.15, 0.2) is 0 Å². The van der Waals surface area contributed by atoms with E-state index in [-0.39, 0.29) is 17.8 Å². The van der Waals surface area contributed by atoms with E-state index in [4.69, 9.17) is 9.47 Å². The van der Waals surface area contributed by atoms with E-state index in [0.717, 1.165) is 12.2 Å². The first-order valence-electron chi connectivity index (χ1n) is 7.88. The molecule has 2 fully saturated rings. The third-order valence-corrected chi connectivity index (χ3v) is 4.28. The van der Waals surface area contributed by atoms with Crippen LogP contribution in [-0.2, 0) is 9.53 Å². The molecule has 1 amide bonds. The summed E-state index contributed by atoms with van der Waals surface area (Å²) in [4.78, 5) is 16.4. The highest BCUT2D eigenvalue weighted by Gasteiger charge is 2.29. The number of hydrogen-bond acceptors (Lipinski definition) is 5. The molecule has 23 heavy (non-hydrogen) atoms. The van der Waals surface area contributed by atoms with Crippen LogP contribution in [0.4, 0.5) is 10.1 Å². The van der Waals surface area contributed by atoms with Crippen molar-refractivity contribution >= 4 is 11.6 Å². The van der Waals surface area contributed by atoms with Gasteiger partial charge in [0.2, 0.25) is 0 Å². The highest BCUT2D eigenvalue weighted by molar-refractivity contribution is 5.81. The topological polar surface area (TPSA) is 54.0 Å². The Labute approximate surface area is 135 Å². The van der Waals surface area contributed by atoms with Crippen LogP contribution in [0.5, 0.6) is 5.75 Å². The van der Waals surface area contributed by atoms with E-state index in [9.17, 15) is 9.18 Å². The third-order valence-electron chi connectivity index (χ3n) is 4.28. The highest BCUT2D eigenvalue weighted by atomic mass is 19.1. The summed E-state index contributed by atoms with van der Waals surface area (Å²) in [6.07, 6.45) is -0.379. The molecule has 2 aliphatic heterocycles. The predicted octanol–water partition coefficient (Wildman–Crippen LogP) is 0.471. The molecule has 0 saturated carbocycles. The second-order valence-corrected chi connectivity index (χ2v) is 5.69. The van der Waals surface area contributed by atoms with Gasteiger partial charge >= 0.3 is 0 Å². The van der Waals surface area contributed by atoms with Crippen molar-refractivity contribution in [2.75, 3.05) is 57.9 Å². The van der Waals surface area contributed by atoms with Crippen LogP contribution in [0, 0.1) is 5.82 Å². The maximum absolute atomic E-state index is 13.3. The monoisotopic (exact) mass is 323 g/mol. The summed E-state index contributed by atoms with van der Waals surface area (Å²) in [5, 5.41) is 3.17. The van der Waals surface area contributed by atoms with Gasteiger partial charge in [-0.25, -0.2) is 4.39 Å². The molecule has 126 valence electrons. The zero-order chi connectivity index (χ0) is 16.2. The van der Waals surface area contributed by atoms with Crippen molar-refractivity contribution in [1.29, 1.82) is 0 Å². The molecular weight excluding hydrogens is 301 g/mol. The number of anilines is 1. The van der Waals surface area contributed by atoms with E-state index in [1.54, 1.807) is 6.07 Å². The summed E-state index contributed by atoms with van der Waals surface area (Å²) >= 11 is 0. The molecule has 0 bridgehead atoms. The second-order valence-electron chi connectivity index (χ2n) is 5.69. The minimum absolute atomic E-state index is 0.0444. The first-order chi connectivity index (χ1) is 11.2. The summed E-state index contributed by atoms with van der Waals surface area (Å²) < 4.78 is 24.1. The summed E-state index contributed by atoms with van der Waals surface area (Å²) in [6.45, 7) is 4.57. The molecule has 0 aromatic heterocycles. The molecule has 2 heterocycles. The zero-order valence-electron chi connectivity index (χ0n) is 13.3. The molecule has 0 aliphatic carbocycles. The van der Waals surface area contributed by atoms with Gasteiger partial charge in [-0.1, -0.05) is 0 Å². The van der Waals surface area contributed by atoms with E-state index >= 15 is 0 Å². The smallest absolute Gasteiger partial charge is 0.253 e. The largest absolute Gasteiger partial charge is 0.494 e. The van der Waals surface area contributed by atoms with Crippen LogP contribution < -0.4 is 15.0 Å². The molecule has 0 spiro atoms. The number of rotatable bonds is 3. The van der Waals surface area contributed by atoms with Crippen LogP contribution in [0.15, 0.2) is 18.2 Å². The van der Waals surface area contributed by atoms with Gasteiger partial charge in [-0.05, 0) is 12.1 Å². The lowest BCUT2D eigenvalue weighted by Gasteiger charge is -2.38. The molecule has 2 aliphatic rings. The lowest BCUT2D eigenvalue weighted by Crippen LogP contribution is -2.55. The molecule has 1 aromatic rings. The van der Waals surface area contributed by atoms with Gasteiger partial charge in [-0.15, -0.1) is 0 Å². The minimum Gasteiger partial charge on any atom is -0.494 e. The Balaban J connectivity index is 1.61. The van der Waals surface area contributed by atoms with Crippen LogP contribution in [-0.4, -0.2) is 69.9 Å². The van der Waals surface area contributed by atoms with Crippen molar-refractivity contribution in [1.82, 2.24) is 10.2 Å². The number of methoxy groups -OCH3 is 1. The van der Waals surface area contributed by atoms with Crippen LogP contribution in [0.2, 0.25) is 0 Å². The third kappa shape index (κ3) is 3.56. The fraction of sp³-hybridized carbons (Fsp3) is 0.562. The highest BCUT2D eigenvalue weighted by Crippen LogP contribution is 2.29. The first-order valence-corrected chi connectivity index (χ1v) is 7.88. The minimum atomic E-state index is -0.379. The summed E-state index contributed by atoms with van der Waals surface area (Å²) in [5.74, 6) is 0.244. The Bertz CT molecular complexity index is 556. The molecule has 3 rings (SSSR count). The van der Waals surface area contributed by atoms with Gasteiger partial charge in [0, 0.05) is 45.3 Å². The normalized spacial score (nSPS) is 22.1. The Morgan fingerprint density at radius 2 is 2.13 bits per heavy atom. The molecule has 1 unspecified atom stereocenters. The molecule has 1 N–H and O–H groups in total. The van der Waals surface area contributed by atoms with E-state index in [1.807, 2.05) is 4.90 Å². The number of carbonyl (C=O) groups is 1. The Hall–Kier alpha value is -1.86. The summed E-state index contributed by atoms with van der Waals surface area (Å²) in [7, 11) is 1.53. The maximum Gasteiger partial charge on any atom is 0.253 e. The van der Waals surface area contributed by atoms with Crippen LogP contribution in [0.1, 0.15) is 0 Å². The van der Waals surface area contributed by atoms with Gasteiger partial charge < -0.3 is 24.6 Å². The molecule has 1 atom stereocenters. The van der Waals surface area contributed by atoms with E-state index < -0.39 is 0 Å². The molecular formula is C16H22FN3O3. The van der Waals surface area contributed by atoms with E-state index in [1.165, 1.54) is 19.2 Å². The average molecular weight is 323 g/mol. The second kappa shape index (κ2) is 7.14. The number of piperazine rings is 1. The van der Waals surface area contributed by atoms with Crippen molar-refractivity contribution < 1.29 is 18.7 Å². The number of morpholine rings is 1. The number of hydrogen-bond donors (Lipinski definition) is 1. The Kier molecular flexibility index (Phi) is 4.97. The van der Waals surface area contributed by atoms with Crippen molar-refractivity contribution in [3.63, 3.8) is 0 Å². The van der Waals surface area contributed by atoms with E-state index in [2.05, 4.69) is 10.2 Å². The lowest BCUT2D eigenvalue weighted by atomic mass is 10.2. The van der Waals surface area contributed by atoms with E-state index in [0.29, 0.717) is 45.1 Å². The lowest BCUT2D eigenvalue weighted by molar-refractivity contribution is -0.145. The van der Waals surface area contributed by atoms with Crippen molar-refractivity contribution in [3.05, 3.63) is 24.0 Å². The number of halogens is 1. The van der Waals surface area contributed by atoms with Crippen molar-refractivity contribution in [3.8, 4) is 5.75 Å². The van der Waals surface area contributed by atoms with Gasteiger partial charge in [-0.3, -0.25) is 4.79 Å². The number of amides is 1. The molecule has 1 aromatic carbocycles. The SMILES string of the molecule is COc1cc(F)ccc1N1CCN(C(=O)C2CNCCO2)CC1. The summed E-state index contributed by atoms with van der Waals surface area (Å²) in [6, 6.07) is 4.53. The van der Waals surface area contributed by atoms with Crippen molar-refractivity contribution in [2.24, 2.45) is 0 Å². The molecule has 2 saturated heterocycles. The number of ether oxygens (including phenoxy) is 2. The molecule has 0 radical (unpaired) electrons. The zero-order valence-corrected chi connectivity index (χ0v) is 13.3. The van der Waals surface area contributed by atoms with Crippen LogP contribution in [0.3, 0.4) is 0 Å². The average Bonchev–Trinajstić information content (AvgIpc) is 2.62. The van der Waals surface area contributed by atoms with Crippen LogP contribution in [0.25, 0.3) is 0 Å². The van der Waals surface area contributed by atoms with Gasteiger partial charge in [0.1, 0.15) is 17.7 Å². The fourth-order valence-electron chi connectivity index (χ4n) is 3.01. The quantitative estimate of drug-likeness (QED) is 0.876. The number of nitrogens with zero attached hydrogens (tertiary/aromatic N) is 2. The number of carbonyl (C=O) groups excluding carboxylic acids is 1. The molecule has 7 heteroatoms. The van der Waals surface area contributed by atoms with Crippen molar-refractivity contribution in [2.45, 2.75) is 6.10 Å². The fourth-order valence-corrected chi connectivity index (χ4v) is 3.01. The summed E-state index contributed by atoms with van der Waals surface area (Å²) in [5.41, 5.74) is 0.858. The van der Waals surface area contributed by atoms with Gasteiger partial charge in [0.05, 0.1) is 19.4 Å². The number of benzene rings is 1. The predicted molar refractivity (Wildman–Crippen MR) is 84.4 cm³/mol. The standard InChI is InChI=1S/C16H22FN3O3/c1-22-14-10-12(17)2-3-13(14)19-5-7-20(8-6-19)16(21)15-11-18-4-9-23-15/h2-3,10,15,18H,4-9,11H2,1H3. The van der Waals surface area contributed by atoms with Gasteiger partial charge in [-0.2, -0.15) is 0 Å². The molecule has 6 nitrogen and oxygen atoms in total. The Morgan fingerprint density at radius 1 is 1.35 bits per heavy atom. The number of nitrogens with one attached hydrogen (secondary N) is 1. The maximum atomic E-state index is 13.3. The first kappa shape index (κ1) is 16.0.